The number of hydrogen-bond donors (Lipinski definition) is 2. The molecule has 2 N–H and O–H groups in total. The van der Waals surface area contributed by atoms with Crippen molar-refractivity contribution in [3.63, 3.8) is 0 Å². The van der Waals surface area contributed by atoms with Crippen LogP contribution in [0.3, 0.4) is 0 Å². The van der Waals surface area contributed by atoms with Crippen LogP contribution in [0.4, 0.5) is 11.6 Å². The summed E-state index contributed by atoms with van der Waals surface area (Å²) in [6.45, 7) is 6.50. The van der Waals surface area contributed by atoms with Crippen molar-refractivity contribution in [3.05, 3.63) is 77.1 Å². The van der Waals surface area contributed by atoms with Crippen LogP contribution in [0.5, 0.6) is 0 Å². The van der Waals surface area contributed by atoms with Gasteiger partial charge in [-0.2, -0.15) is 4.31 Å². The zero-order chi connectivity index (χ0) is 25.0. The molecular weight excluding hydrogens is 464 g/mol. The van der Waals surface area contributed by atoms with E-state index < -0.39 is 10.0 Å². The van der Waals surface area contributed by atoms with Crippen LogP contribution >= 0.6 is 0 Å². The summed E-state index contributed by atoms with van der Waals surface area (Å²) in [5.41, 5.74) is 3.73. The zero-order valence-corrected chi connectivity index (χ0v) is 21.0. The maximum atomic E-state index is 12.9. The average Bonchev–Trinajstić information content (AvgIpc) is 2.82. The maximum Gasteiger partial charge on any atom is 0.251 e. The number of carbonyl (C=O) groups excluding carboxylic acids is 1. The number of piperazine rings is 1. The Hall–Kier alpha value is -3.34. The second-order valence-electron chi connectivity index (χ2n) is 8.71. The van der Waals surface area contributed by atoms with Gasteiger partial charge in [-0.3, -0.25) is 4.79 Å². The van der Waals surface area contributed by atoms with E-state index in [1.807, 2.05) is 33.0 Å². The number of hydrogen-bond acceptors (Lipinski definition) is 7. The van der Waals surface area contributed by atoms with Gasteiger partial charge in [0.2, 0.25) is 16.0 Å². The van der Waals surface area contributed by atoms with E-state index in [9.17, 15) is 13.2 Å². The lowest BCUT2D eigenvalue weighted by Gasteiger charge is -2.31. The Morgan fingerprint density at radius 1 is 0.943 bits per heavy atom. The molecule has 1 aliphatic rings. The number of nitrogens with one attached hydrogen (secondary N) is 2. The van der Waals surface area contributed by atoms with Gasteiger partial charge in [-0.1, -0.05) is 18.2 Å². The second kappa shape index (κ2) is 10.5. The smallest absolute Gasteiger partial charge is 0.251 e. The predicted octanol–water partition coefficient (Wildman–Crippen LogP) is 2.70. The summed E-state index contributed by atoms with van der Waals surface area (Å²) in [4.78, 5) is 23.8. The average molecular weight is 495 g/mol. The fraction of sp³-hybridized carbons (Fsp3) is 0.320. The largest absolute Gasteiger partial charge is 0.348 e. The number of nitrogens with zero attached hydrogens (tertiary/aromatic N) is 4. The second-order valence-corrected chi connectivity index (χ2v) is 10.7. The van der Waals surface area contributed by atoms with Gasteiger partial charge in [0, 0.05) is 55.4 Å². The highest BCUT2D eigenvalue weighted by Gasteiger charge is 2.27. The minimum atomic E-state index is -3.51. The normalized spacial score (nSPS) is 15.1. The van der Waals surface area contributed by atoms with Gasteiger partial charge in [-0.05, 0) is 62.9 Å². The molecule has 2 heterocycles. The van der Waals surface area contributed by atoms with Crippen LogP contribution in [0.15, 0.2) is 59.5 Å². The summed E-state index contributed by atoms with van der Waals surface area (Å²) >= 11 is 0. The van der Waals surface area contributed by atoms with Gasteiger partial charge in [0.1, 0.15) is 0 Å². The molecule has 1 saturated heterocycles. The third-order valence-corrected chi connectivity index (χ3v) is 7.75. The molecule has 1 aromatic heterocycles. The van der Waals surface area contributed by atoms with Gasteiger partial charge in [-0.25, -0.2) is 18.4 Å². The SMILES string of the molecule is Cc1cc(C)nc(Nc2cccc(C(=O)NCc3ccc(S(=O)(=O)N4CCN(C)CC4)cc3)c2)n1. The first-order valence-electron chi connectivity index (χ1n) is 11.5. The van der Waals surface area contributed by atoms with Crippen LogP contribution in [-0.2, 0) is 16.6 Å². The van der Waals surface area contributed by atoms with E-state index in [1.54, 1.807) is 42.5 Å². The van der Waals surface area contributed by atoms with Crippen LogP contribution in [0.25, 0.3) is 0 Å². The summed E-state index contributed by atoms with van der Waals surface area (Å²) in [6, 6.07) is 15.7. The van der Waals surface area contributed by atoms with E-state index in [4.69, 9.17) is 0 Å². The van der Waals surface area contributed by atoms with Crippen molar-refractivity contribution in [2.24, 2.45) is 0 Å². The van der Waals surface area contributed by atoms with E-state index in [2.05, 4.69) is 25.5 Å². The van der Waals surface area contributed by atoms with Gasteiger partial charge in [0.15, 0.2) is 0 Å². The van der Waals surface area contributed by atoms with Crippen LogP contribution in [0.2, 0.25) is 0 Å². The lowest BCUT2D eigenvalue weighted by atomic mass is 10.1. The lowest BCUT2D eigenvalue weighted by molar-refractivity contribution is 0.0951. The van der Waals surface area contributed by atoms with Gasteiger partial charge in [-0.15, -0.1) is 0 Å². The molecule has 0 atom stereocenters. The molecule has 9 nitrogen and oxygen atoms in total. The molecule has 0 aliphatic carbocycles. The molecule has 1 amide bonds. The van der Waals surface area contributed by atoms with Crippen molar-refractivity contribution in [1.29, 1.82) is 0 Å². The zero-order valence-electron chi connectivity index (χ0n) is 20.2. The Morgan fingerprint density at radius 2 is 1.60 bits per heavy atom. The summed E-state index contributed by atoms with van der Waals surface area (Å²) in [7, 11) is -1.53. The van der Waals surface area contributed by atoms with Crippen LogP contribution in [0, 0.1) is 13.8 Å². The van der Waals surface area contributed by atoms with Gasteiger partial charge in [0.25, 0.3) is 5.91 Å². The standard InChI is InChI=1S/C25H30N6O3S/c1-18-15-19(2)28-25(27-18)29-22-6-4-5-21(16-22)24(32)26-17-20-7-9-23(10-8-20)35(33,34)31-13-11-30(3)12-14-31/h4-10,15-16H,11-14,17H2,1-3H3,(H,26,32)(H,27,28,29). The van der Waals surface area contributed by atoms with Crippen LogP contribution in [-0.4, -0.2) is 66.7 Å². The molecule has 2 aromatic carbocycles. The van der Waals surface area contributed by atoms with Gasteiger partial charge < -0.3 is 15.5 Å². The number of benzene rings is 2. The fourth-order valence-corrected chi connectivity index (χ4v) is 5.31. The van der Waals surface area contributed by atoms with E-state index >= 15 is 0 Å². The number of amides is 1. The van der Waals surface area contributed by atoms with Crippen molar-refractivity contribution >= 4 is 27.6 Å². The first-order valence-corrected chi connectivity index (χ1v) is 12.9. The van der Waals surface area contributed by atoms with E-state index in [1.165, 1.54) is 4.31 Å². The van der Waals surface area contributed by atoms with Gasteiger partial charge >= 0.3 is 0 Å². The third-order valence-electron chi connectivity index (χ3n) is 5.84. The fourth-order valence-electron chi connectivity index (χ4n) is 3.89. The minimum absolute atomic E-state index is 0.232. The maximum absolute atomic E-state index is 12.9. The molecule has 184 valence electrons. The first-order chi connectivity index (χ1) is 16.7. The summed E-state index contributed by atoms with van der Waals surface area (Å²) < 4.78 is 27.3. The number of aromatic nitrogens is 2. The van der Waals surface area contributed by atoms with Crippen LogP contribution < -0.4 is 10.6 Å². The molecule has 0 spiro atoms. The molecule has 0 saturated carbocycles. The summed E-state index contributed by atoms with van der Waals surface area (Å²) in [5, 5.41) is 6.03. The quantitative estimate of drug-likeness (QED) is 0.520. The number of aryl methyl sites for hydroxylation is 2. The van der Waals surface area contributed by atoms with Crippen LogP contribution in [0.1, 0.15) is 27.3 Å². The van der Waals surface area contributed by atoms with Crippen molar-refractivity contribution < 1.29 is 13.2 Å². The van der Waals surface area contributed by atoms with Crippen molar-refractivity contribution in [2.45, 2.75) is 25.3 Å². The Bertz CT molecular complexity index is 1280. The van der Waals surface area contributed by atoms with E-state index in [0.29, 0.717) is 30.3 Å². The molecule has 10 heteroatoms. The van der Waals surface area contributed by atoms with Gasteiger partial charge in [0.05, 0.1) is 4.90 Å². The Labute approximate surface area is 206 Å². The highest BCUT2D eigenvalue weighted by molar-refractivity contribution is 7.89. The molecule has 35 heavy (non-hydrogen) atoms. The number of rotatable bonds is 7. The monoisotopic (exact) mass is 494 g/mol. The lowest BCUT2D eigenvalue weighted by Crippen LogP contribution is -2.47. The summed E-state index contributed by atoms with van der Waals surface area (Å²) in [5.74, 6) is 0.246. The summed E-state index contributed by atoms with van der Waals surface area (Å²) in [6.07, 6.45) is 0. The van der Waals surface area contributed by atoms with Crippen molar-refractivity contribution in [3.8, 4) is 0 Å². The highest BCUT2D eigenvalue weighted by atomic mass is 32.2. The van der Waals surface area contributed by atoms with Crippen molar-refractivity contribution in [1.82, 2.24) is 24.5 Å². The van der Waals surface area contributed by atoms with Crippen molar-refractivity contribution in [2.75, 3.05) is 38.5 Å². The number of sulfonamides is 1. The predicted molar refractivity (Wildman–Crippen MR) is 135 cm³/mol. The Morgan fingerprint density at radius 3 is 2.26 bits per heavy atom. The molecular formula is C25H30N6O3S. The number of likely N-dealkylation sites (N-methyl/N-ethyl adjacent to an activating group) is 1. The van der Waals surface area contributed by atoms with E-state index in [0.717, 1.165) is 30.0 Å². The van der Waals surface area contributed by atoms with E-state index in [-0.39, 0.29) is 17.3 Å². The first kappa shape index (κ1) is 24.8. The highest BCUT2D eigenvalue weighted by Crippen LogP contribution is 2.19. The Kier molecular flexibility index (Phi) is 7.44. The molecule has 1 aliphatic heterocycles. The molecule has 4 rings (SSSR count). The molecule has 0 radical (unpaired) electrons. The third kappa shape index (κ3) is 6.21. The number of anilines is 2. The molecule has 1 fully saturated rings. The minimum Gasteiger partial charge on any atom is -0.348 e. The molecule has 0 unspecified atom stereocenters. The molecule has 0 bridgehead atoms. The molecule has 3 aromatic rings. The Balaban J connectivity index is 1.37. The number of carbonyl (C=O) groups is 1. The topological polar surface area (TPSA) is 108 Å².